The summed E-state index contributed by atoms with van der Waals surface area (Å²) in [5.74, 6) is -0.491. The van der Waals surface area contributed by atoms with E-state index in [1.165, 1.54) is 12.5 Å². The molecular formula is C33H40FN5O5. The number of carbonyl (C=O) groups is 1. The van der Waals surface area contributed by atoms with Crippen molar-refractivity contribution >= 4 is 17.0 Å². The van der Waals surface area contributed by atoms with Crippen molar-refractivity contribution in [3.8, 4) is 28.5 Å². The minimum absolute atomic E-state index is 0.266. The molecule has 44 heavy (non-hydrogen) atoms. The largest absolute Gasteiger partial charge is 0.490 e. The Morgan fingerprint density at radius 2 is 1.89 bits per heavy atom. The second kappa shape index (κ2) is 11.6. The minimum atomic E-state index is -1.35. The zero-order chi connectivity index (χ0) is 31.3. The summed E-state index contributed by atoms with van der Waals surface area (Å²) < 4.78 is 35.5. The number of carboxylic acid groups (broad SMARTS) is 1. The summed E-state index contributed by atoms with van der Waals surface area (Å²) in [5.41, 5.74) is 4.06. The second-order valence-electron chi connectivity index (χ2n) is 12.9. The Balaban J connectivity index is 1.57. The predicted molar refractivity (Wildman–Crippen MR) is 163 cm³/mol. The van der Waals surface area contributed by atoms with E-state index in [1.807, 2.05) is 45.4 Å². The van der Waals surface area contributed by atoms with Gasteiger partial charge in [-0.15, -0.1) is 10.2 Å². The van der Waals surface area contributed by atoms with Crippen LogP contribution in [-0.2, 0) is 29.5 Å². The van der Waals surface area contributed by atoms with Crippen molar-refractivity contribution in [3.63, 3.8) is 0 Å². The fourth-order valence-electron chi connectivity index (χ4n) is 6.51. The van der Waals surface area contributed by atoms with Crippen LogP contribution in [-0.4, -0.2) is 61.0 Å². The van der Waals surface area contributed by atoms with Gasteiger partial charge in [0.15, 0.2) is 17.7 Å². The summed E-state index contributed by atoms with van der Waals surface area (Å²) in [4.78, 5) is 20.0. The molecule has 0 aliphatic carbocycles. The highest BCUT2D eigenvalue weighted by atomic mass is 19.1. The van der Waals surface area contributed by atoms with E-state index in [4.69, 9.17) is 18.9 Å². The zero-order valence-corrected chi connectivity index (χ0v) is 26.3. The van der Waals surface area contributed by atoms with Gasteiger partial charge in [0, 0.05) is 34.8 Å². The first-order valence-corrected chi connectivity index (χ1v) is 15.3. The van der Waals surface area contributed by atoms with Crippen LogP contribution >= 0.6 is 0 Å². The number of hydrogen-bond donors (Lipinski definition) is 1. The number of halogens is 1. The van der Waals surface area contributed by atoms with Gasteiger partial charge in [0.05, 0.1) is 18.8 Å². The summed E-state index contributed by atoms with van der Waals surface area (Å²) in [6.07, 6.45) is 3.64. The van der Waals surface area contributed by atoms with Crippen LogP contribution in [0.3, 0.4) is 0 Å². The van der Waals surface area contributed by atoms with Gasteiger partial charge in [0.1, 0.15) is 11.3 Å². The van der Waals surface area contributed by atoms with E-state index in [9.17, 15) is 9.90 Å². The first-order chi connectivity index (χ1) is 20.9. The van der Waals surface area contributed by atoms with Crippen LogP contribution in [0.1, 0.15) is 80.8 Å². The Bertz CT molecular complexity index is 1730. The second-order valence-corrected chi connectivity index (χ2v) is 12.9. The molecule has 2 aliphatic rings. The predicted octanol–water partition coefficient (Wildman–Crippen LogP) is 6.30. The number of aromatic nitrogens is 4. The van der Waals surface area contributed by atoms with E-state index in [-0.39, 0.29) is 5.75 Å². The Hall–Kier alpha value is -3.83. The quantitative estimate of drug-likeness (QED) is 0.259. The molecule has 234 valence electrons. The number of piperidine rings is 1. The third-order valence-corrected chi connectivity index (χ3v) is 8.56. The zero-order valence-electron chi connectivity index (χ0n) is 26.3. The fraction of sp³-hybridized carbons (Fsp3) is 0.515. The minimum Gasteiger partial charge on any atom is -0.490 e. The highest BCUT2D eigenvalue weighted by molar-refractivity contribution is 6.01. The topological polar surface area (TPSA) is 116 Å². The number of nitrogens with zero attached hydrogens (tertiary/aromatic N) is 5. The molecule has 1 aromatic carbocycles. The molecule has 0 radical (unpaired) electrons. The molecule has 1 saturated heterocycles. The first kappa shape index (κ1) is 30.2. The third-order valence-electron chi connectivity index (χ3n) is 8.56. The van der Waals surface area contributed by atoms with Gasteiger partial charge >= 0.3 is 5.97 Å². The molecular weight excluding hydrogens is 565 g/mol. The third kappa shape index (κ3) is 5.59. The van der Waals surface area contributed by atoms with Crippen molar-refractivity contribution in [1.82, 2.24) is 24.6 Å². The molecule has 1 N–H and O–H groups in total. The molecule has 1 atom stereocenters. The van der Waals surface area contributed by atoms with Crippen molar-refractivity contribution in [3.05, 3.63) is 46.2 Å². The van der Waals surface area contributed by atoms with Gasteiger partial charge in [0.25, 0.3) is 5.89 Å². The Morgan fingerprint density at radius 3 is 2.59 bits per heavy atom. The van der Waals surface area contributed by atoms with Crippen LogP contribution in [0.4, 0.5) is 4.39 Å². The van der Waals surface area contributed by atoms with Gasteiger partial charge in [-0.05, 0) is 96.7 Å². The van der Waals surface area contributed by atoms with E-state index in [0.717, 1.165) is 43.5 Å². The number of carboxylic acids is 1. The summed E-state index contributed by atoms with van der Waals surface area (Å²) in [6.45, 7) is 12.2. The molecule has 6 rings (SSSR count). The molecule has 10 nitrogen and oxygen atoms in total. The van der Waals surface area contributed by atoms with Gasteiger partial charge in [-0.25, -0.2) is 14.2 Å². The molecule has 2 aliphatic heterocycles. The van der Waals surface area contributed by atoms with Crippen LogP contribution in [0.15, 0.2) is 16.5 Å². The number of pyridine rings is 1. The van der Waals surface area contributed by atoms with E-state index < -0.39 is 23.5 Å². The molecule has 0 saturated carbocycles. The number of aryl methyl sites for hydroxylation is 2. The van der Waals surface area contributed by atoms with Gasteiger partial charge in [-0.3, -0.25) is 4.90 Å². The summed E-state index contributed by atoms with van der Waals surface area (Å²) >= 11 is 0. The van der Waals surface area contributed by atoms with E-state index in [2.05, 4.69) is 15.1 Å². The van der Waals surface area contributed by atoms with E-state index >= 15 is 4.39 Å². The first-order valence-electron chi connectivity index (χ1n) is 15.3. The summed E-state index contributed by atoms with van der Waals surface area (Å²) in [7, 11) is 1.86. The maximum Gasteiger partial charge on any atom is 0.337 e. The molecule has 0 spiro atoms. The molecule has 4 aromatic rings. The highest BCUT2D eigenvalue weighted by Gasteiger charge is 2.35. The summed E-state index contributed by atoms with van der Waals surface area (Å²) in [5, 5.41) is 19.8. The molecule has 3 aromatic heterocycles. The smallest absolute Gasteiger partial charge is 0.337 e. The lowest BCUT2D eigenvalue weighted by Gasteiger charge is -2.29. The van der Waals surface area contributed by atoms with Crippen LogP contribution in [0.25, 0.3) is 33.7 Å². The molecule has 1 fully saturated rings. The van der Waals surface area contributed by atoms with E-state index in [0.29, 0.717) is 70.5 Å². The molecule has 0 amide bonds. The number of fused-ring (bicyclic) bond motifs is 2. The number of likely N-dealkylation sites (tertiary alicyclic amines) is 1. The van der Waals surface area contributed by atoms with E-state index in [1.54, 1.807) is 6.92 Å². The number of ether oxygens (including phenoxy) is 2. The van der Waals surface area contributed by atoms with Crippen molar-refractivity contribution in [2.24, 2.45) is 7.05 Å². The standard InChI is InChI=1S/C33H40FN5O5/c1-18-20-11-10-14-42-28(20)23(34)15-21(18)27-22-16-24(31-37-36-25(43-31)17-39-12-8-7-9-13-39)38(6)30(22)35-19(2)26(27)29(32(40)41)44-33(3,4)5/h15-16,29H,7-14,17H2,1-6H3,(H,40,41)/t29-/m0/s1. The van der Waals surface area contributed by atoms with Crippen LogP contribution < -0.4 is 4.74 Å². The van der Waals surface area contributed by atoms with Crippen molar-refractivity contribution < 1.29 is 28.2 Å². The highest BCUT2D eigenvalue weighted by Crippen LogP contribution is 2.45. The normalized spacial score (nSPS) is 16.6. The number of benzene rings is 1. The Kier molecular flexibility index (Phi) is 7.96. The number of hydrogen-bond acceptors (Lipinski definition) is 8. The van der Waals surface area contributed by atoms with Gasteiger partial charge in [-0.2, -0.15) is 0 Å². The van der Waals surface area contributed by atoms with Crippen molar-refractivity contribution in [2.45, 2.75) is 85.0 Å². The molecule has 0 unspecified atom stereocenters. The average molecular weight is 606 g/mol. The molecule has 0 bridgehead atoms. The lowest BCUT2D eigenvalue weighted by Crippen LogP contribution is -2.29. The van der Waals surface area contributed by atoms with Crippen molar-refractivity contribution in [1.29, 1.82) is 0 Å². The summed E-state index contributed by atoms with van der Waals surface area (Å²) in [6, 6.07) is 3.32. The maximum absolute atomic E-state index is 15.7. The van der Waals surface area contributed by atoms with Crippen LogP contribution in [0.5, 0.6) is 5.75 Å². The fourth-order valence-corrected chi connectivity index (χ4v) is 6.51. The SMILES string of the molecule is Cc1nc2c(cc(-c3nnc(CN4CCCCC4)o3)n2C)c(-c2cc(F)c3c(c2C)CCCO3)c1[C@H](OC(C)(C)C)C(=O)O. The van der Waals surface area contributed by atoms with Crippen LogP contribution in [0, 0.1) is 19.7 Å². The van der Waals surface area contributed by atoms with Crippen molar-refractivity contribution in [2.75, 3.05) is 19.7 Å². The average Bonchev–Trinajstić information content (AvgIpc) is 3.57. The monoisotopic (exact) mass is 605 g/mol. The van der Waals surface area contributed by atoms with Gasteiger partial charge in [0.2, 0.25) is 5.89 Å². The lowest BCUT2D eigenvalue weighted by molar-refractivity contribution is -0.160. The number of rotatable bonds is 7. The Morgan fingerprint density at radius 1 is 1.14 bits per heavy atom. The maximum atomic E-state index is 15.7. The van der Waals surface area contributed by atoms with Gasteiger partial charge in [-0.1, -0.05) is 6.42 Å². The Labute approximate surface area is 256 Å². The molecule has 5 heterocycles. The van der Waals surface area contributed by atoms with Crippen LogP contribution in [0.2, 0.25) is 0 Å². The lowest BCUT2D eigenvalue weighted by atomic mass is 9.86. The number of aliphatic carboxylic acids is 1. The van der Waals surface area contributed by atoms with Gasteiger partial charge < -0.3 is 23.6 Å². The molecule has 11 heteroatoms.